The van der Waals surface area contributed by atoms with Crippen molar-refractivity contribution in [3.63, 3.8) is 0 Å². The maximum atomic E-state index is 11.9. The number of carbonyl (C=O) groups excluding carboxylic acids is 2. The lowest BCUT2D eigenvalue weighted by atomic mass is 10.1. The molecule has 0 fully saturated rings. The number of hydrogen-bond donors (Lipinski definition) is 1. The van der Waals surface area contributed by atoms with Crippen LogP contribution >= 0.6 is 27.5 Å². The summed E-state index contributed by atoms with van der Waals surface area (Å²) < 4.78 is 6.20. The molecule has 0 spiro atoms. The molecule has 0 bridgehead atoms. The fourth-order valence-corrected chi connectivity index (χ4v) is 2.35. The van der Waals surface area contributed by atoms with Gasteiger partial charge in [-0.25, -0.2) is 0 Å². The molecule has 2 aromatic rings. The van der Waals surface area contributed by atoms with E-state index in [0.717, 1.165) is 4.47 Å². The molecule has 1 amide bonds. The van der Waals surface area contributed by atoms with Gasteiger partial charge in [-0.3, -0.25) is 9.59 Å². The lowest BCUT2D eigenvalue weighted by Gasteiger charge is -2.11. The molecule has 1 N–H and O–H groups in total. The van der Waals surface area contributed by atoms with Gasteiger partial charge in [0.2, 0.25) is 0 Å². The number of benzene rings is 2. The monoisotopic (exact) mass is 381 g/mol. The van der Waals surface area contributed by atoms with Crippen LogP contribution in [-0.4, -0.2) is 18.3 Å². The van der Waals surface area contributed by atoms with Crippen molar-refractivity contribution in [1.29, 1.82) is 0 Å². The molecule has 114 valence electrons. The van der Waals surface area contributed by atoms with Gasteiger partial charge in [-0.1, -0.05) is 23.7 Å². The molecule has 0 atom stereocenters. The first-order valence-electron chi connectivity index (χ1n) is 6.45. The summed E-state index contributed by atoms with van der Waals surface area (Å²) in [7, 11) is 0. The van der Waals surface area contributed by atoms with E-state index in [4.69, 9.17) is 16.3 Å². The third-order valence-corrected chi connectivity index (χ3v) is 3.75. The number of carbonyl (C=O) groups is 2. The summed E-state index contributed by atoms with van der Waals surface area (Å²) in [6.07, 6.45) is 0. The zero-order valence-corrected chi connectivity index (χ0v) is 14.1. The molecule has 6 heteroatoms. The van der Waals surface area contributed by atoms with Crippen molar-refractivity contribution in [3.05, 3.63) is 57.5 Å². The number of anilines is 1. The normalized spacial score (nSPS) is 10.1. The summed E-state index contributed by atoms with van der Waals surface area (Å²) in [4.78, 5) is 23.5. The van der Waals surface area contributed by atoms with Gasteiger partial charge in [-0.2, -0.15) is 0 Å². The van der Waals surface area contributed by atoms with Gasteiger partial charge < -0.3 is 10.1 Å². The van der Waals surface area contributed by atoms with Crippen molar-refractivity contribution in [2.24, 2.45) is 0 Å². The molecule has 0 heterocycles. The van der Waals surface area contributed by atoms with Gasteiger partial charge in [0, 0.05) is 9.50 Å². The Morgan fingerprint density at radius 2 is 1.95 bits per heavy atom. The van der Waals surface area contributed by atoms with E-state index in [-0.39, 0.29) is 18.3 Å². The van der Waals surface area contributed by atoms with E-state index in [2.05, 4.69) is 21.2 Å². The van der Waals surface area contributed by atoms with Crippen LogP contribution in [0.15, 0.2) is 46.9 Å². The molecule has 0 aliphatic heterocycles. The lowest BCUT2D eigenvalue weighted by Crippen LogP contribution is -2.21. The van der Waals surface area contributed by atoms with Crippen LogP contribution in [0.3, 0.4) is 0 Å². The predicted octanol–water partition coefficient (Wildman–Crippen LogP) is 4.32. The topological polar surface area (TPSA) is 55.4 Å². The van der Waals surface area contributed by atoms with E-state index < -0.39 is 0 Å². The molecular weight excluding hydrogens is 370 g/mol. The highest BCUT2D eigenvalue weighted by Crippen LogP contribution is 2.24. The van der Waals surface area contributed by atoms with Gasteiger partial charge in [-0.15, -0.1) is 0 Å². The second-order valence-electron chi connectivity index (χ2n) is 4.51. The van der Waals surface area contributed by atoms with E-state index in [9.17, 15) is 9.59 Å². The van der Waals surface area contributed by atoms with Gasteiger partial charge >= 0.3 is 0 Å². The van der Waals surface area contributed by atoms with E-state index in [1.165, 1.54) is 13.0 Å². The standard InChI is InChI=1S/C16H13BrClNO3/c1-10(20)12-8-11(18)6-7-15(12)22-9-16(21)19-14-5-3-2-4-13(14)17/h2-8H,9H2,1H3,(H,19,21). The Hall–Kier alpha value is -1.85. The van der Waals surface area contributed by atoms with Gasteiger partial charge in [0.1, 0.15) is 5.75 Å². The zero-order valence-electron chi connectivity index (χ0n) is 11.7. The summed E-state index contributed by atoms with van der Waals surface area (Å²) in [5.41, 5.74) is 1.00. The average molecular weight is 383 g/mol. The van der Waals surface area contributed by atoms with Gasteiger partial charge in [-0.05, 0) is 53.2 Å². The average Bonchev–Trinajstić information content (AvgIpc) is 2.48. The first-order chi connectivity index (χ1) is 10.5. The third kappa shape index (κ3) is 4.32. The number of ketones is 1. The van der Waals surface area contributed by atoms with E-state index >= 15 is 0 Å². The Morgan fingerprint density at radius 3 is 2.64 bits per heavy atom. The van der Waals surface area contributed by atoms with Gasteiger partial charge in [0.25, 0.3) is 5.91 Å². The fourth-order valence-electron chi connectivity index (χ4n) is 1.80. The maximum Gasteiger partial charge on any atom is 0.262 e. The molecule has 0 aliphatic rings. The Morgan fingerprint density at radius 1 is 1.23 bits per heavy atom. The summed E-state index contributed by atoms with van der Waals surface area (Å²) in [6.45, 7) is 1.21. The van der Waals surface area contributed by atoms with Crippen LogP contribution in [0.1, 0.15) is 17.3 Å². The molecule has 0 saturated carbocycles. The molecule has 0 unspecified atom stereocenters. The minimum Gasteiger partial charge on any atom is -0.483 e. The fraction of sp³-hybridized carbons (Fsp3) is 0.125. The number of rotatable bonds is 5. The summed E-state index contributed by atoms with van der Waals surface area (Å²) >= 11 is 9.20. The Balaban J connectivity index is 2.03. The number of para-hydroxylation sites is 1. The first kappa shape index (κ1) is 16.5. The first-order valence-corrected chi connectivity index (χ1v) is 7.62. The highest BCUT2D eigenvalue weighted by Gasteiger charge is 2.12. The number of Topliss-reactive ketones (excluding diaryl/α,β-unsaturated/α-hetero) is 1. The number of amides is 1. The Kier molecular flexibility index (Phi) is 5.57. The molecular formula is C16H13BrClNO3. The van der Waals surface area contributed by atoms with E-state index in [1.54, 1.807) is 18.2 Å². The van der Waals surface area contributed by atoms with Crippen LogP contribution in [0.25, 0.3) is 0 Å². The van der Waals surface area contributed by atoms with Crippen molar-refractivity contribution in [2.45, 2.75) is 6.92 Å². The summed E-state index contributed by atoms with van der Waals surface area (Å²) in [5.74, 6) is -0.167. The number of nitrogens with one attached hydrogen (secondary N) is 1. The van der Waals surface area contributed by atoms with Crippen LogP contribution in [0.4, 0.5) is 5.69 Å². The smallest absolute Gasteiger partial charge is 0.262 e. The van der Waals surface area contributed by atoms with Crippen molar-refractivity contribution < 1.29 is 14.3 Å². The highest BCUT2D eigenvalue weighted by molar-refractivity contribution is 9.10. The largest absolute Gasteiger partial charge is 0.483 e. The maximum absolute atomic E-state index is 11.9. The van der Waals surface area contributed by atoms with Crippen LogP contribution in [-0.2, 0) is 4.79 Å². The van der Waals surface area contributed by atoms with Crippen molar-refractivity contribution >= 4 is 44.9 Å². The van der Waals surface area contributed by atoms with Crippen molar-refractivity contribution in [3.8, 4) is 5.75 Å². The molecule has 0 saturated heterocycles. The van der Waals surface area contributed by atoms with Crippen LogP contribution in [0.5, 0.6) is 5.75 Å². The SMILES string of the molecule is CC(=O)c1cc(Cl)ccc1OCC(=O)Nc1ccccc1Br. The van der Waals surface area contributed by atoms with E-state index in [0.29, 0.717) is 22.0 Å². The predicted molar refractivity (Wildman–Crippen MR) is 89.7 cm³/mol. The molecule has 0 aromatic heterocycles. The lowest BCUT2D eigenvalue weighted by molar-refractivity contribution is -0.118. The minimum atomic E-state index is -0.323. The van der Waals surface area contributed by atoms with Crippen LogP contribution in [0.2, 0.25) is 5.02 Å². The molecule has 2 aromatic carbocycles. The second kappa shape index (κ2) is 7.42. The molecule has 22 heavy (non-hydrogen) atoms. The summed E-state index contributed by atoms with van der Waals surface area (Å²) in [5, 5.41) is 3.16. The second-order valence-corrected chi connectivity index (χ2v) is 5.80. The molecule has 2 rings (SSSR count). The van der Waals surface area contributed by atoms with Crippen LogP contribution in [0, 0.1) is 0 Å². The van der Waals surface area contributed by atoms with Gasteiger partial charge in [0.15, 0.2) is 12.4 Å². The summed E-state index contributed by atoms with van der Waals surface area (Å²) in [6, 6.07) is 12.0. The third-order valence-electron chi connectivity index (χ3n) is 2.83. The number of ether oxygens (including phenoxy) is 1. The quantitative estimate of drug-likeness (QED) is 0.783. The van der Waals surface area contributed by atoms with Crippen molar-refractivity contribution in [2.75, 3.05) is 11.9 Å². The Bertz CT molecular complexity index is 718. The zero-order chi connectivity index (χ0) is 16.1. The number of hydrogen-bond acceptors (Lipinski definition) is 3. The molecule has 0 aliphatic carbocycles. The minimum absolute atomic E-state index is 0.177. The van der Waals surface area contributed by atoms with Crippen molar-refractivity contribution in [1.82, 2.24) is 0 Å². The molecule has 4 nitrogen and oxygen atoms in total. The number of halogens is 2. The van der Waals surface area contributed by atoms with E-state index in [1.807, 2.05) is 18.2 Å². The van der Waals surface area contributed by atoms with Crippen LogP contribution < -0.4 is 10.1 Å². The Labute approximate surface area is 141 Å². The van der Waals surface area contributed by atoms with Gasteiger partial charge in [0.05, 0.1) is 11.3 Å². The molecule has 0 radical (unpaired) electrons. The highest BCUT2D eigenvalue weighted by atomic mass is 79.9.